The molecule has 122 valence electrons. The number of thiophene rings is 1. The van der Waals surface area contributed by atoms with Gasteiger partial charge in [0.2, 0.25) is 0 Å². The lowest BCUT2D eigenvalue weighted by Gasteiger charge is -2.07. The lowest BCUT2D eigenvalue weighted by atomic mass is 10.1. The van der Waals surface area contributed by atoms with Gasteiger partial charge in [-0.1, -0.05) is 36.4 Å². The van der Waals surface area contributed by atoms with Gasteiger partial charge in [0.1, 0.15) is 0 Å². The minimum Gasteiger partial charge on any atom is -0.504 e. The number of aromatic hydroxyl groups is 2. The number of benzene rings is 2. The summed E-state index contributed by atoms with van der Waals surface area (Å²) in [6.07, 6.45) is 0.575. The monoisotopic (exact) mass is 339 g/mol. The van der Waals surface area contributed by atoms with Gasteiger partial charge >= 0.3 is 0 Å². The van der Waals surface area contributed by atoms with Crippen LogP contribution in [0, 0.1) is 0 Å². The molecule has 1 aromatic heterocycles. The summed E-state index contributed by atoms with van der Waals surface area (Å²) in [6.45, 7) is 0.454. The number of hydrogen-bond donors (Lipinski definition) is 3. The van der Waals surface area contributed by atoms with Crippen molar-refractivity contribution in [3.05, 3.63) is 70.4 Å². The van der Waals surface area contributed by atoms with Gasteiger partial charge in [-0.25, -0.2) is 0 Å². The van der Waals surface area contributed by atoms with Gasteiger partial charge in [0, 0.05) is 12.1 Å². The summed E-state index contributed by atoms with van der Waals surface area (Å²) in [5, 5.41) is 23.6. The molecular formula is C19H17NO3S. The predicted octanol–water partition coefficient (Wildman–Crippen LogP) is 3.80. The van der Waals surface area contributed by atoms with Crippen molar-refractivity contribution in [3.8, 4) is 22.6 Å². The van der Waals surface area contributed by atoms with Crippen molar-refractivity contribution in [1.29, 1.82) is 0 Å². The van der Waals surface area contributed by atoms with E-state index >= 15 is 0 Å². The molecule has 0 fully saturated rings. The predicted molar refractivity (Wildman–Crippen MR) is 95.6 cm³/mol. The Morgan fingerprint density at radius 2 is 1.79 bits per heavy atom. The van der Waals surface area contributed by atoms with Crippen molar-refractivity contribution < 1.29 is 15.0 Å². The quantitative estimate of drug-likeness (QED) is 0.619. The number of carbonyl (C=O) groups is 1. The molecule has 0 saturated heterocycles. The van der Waals surface area contributed by atoms with Gasteiger partial charge in [-0.3, -0.25) is 4.79 Å². The number of carbonyl (C=O) groups excluding carboxylic acids is 1. The first-order valence-electron chi connectivity index (χ1n) is 7.57. The van der Waals surface area contributed by atoms with Crippen LogP contribution in [0.2, 0.25) is 0 Å². The molecule has 2 aromatic carbocycles. The van der Waals surface area contributed by atoms with Crippen LogP contribution < -0.4 is 5.32 Å². The smallest absolute Gasteiger partial charge is 0.261 e. The molecule has 3 N–H and O–H groups in total. The van der Waals surface area contributed by atoms with Crippen LogP contribution in [0.15, 0.2) is 60.0 Å². The molecule has 0 aliphatic heterocycles. The number of phenols is 2. The van der Waals surface area contributed by atoms with E-state index < -0.39 is 0 Å². The highest BCUT2D eigenvalue weighted by molar-refractivity contribution is 7.12. The zero-order valence-corrected chi connectivity index (χ0v) is 13.7. The second-order valence-corrected chi connectivity index (χ2v) is 6.27. The van der Waals surface area contributed by atoms with Gasteiger partial charge in [-0.2, -0.15) is 0 Å². The van der Waals surface area contributed by atoms with Crippen molar-refractivity contribution >= 4 is 17.2 Å². The van der Waals surface area contributed by atoms with Crippen LogP contribution in [0.4, 0.5) is 0 Å². The molecule has 0 radical (unpaired) electrons. The molecule has 3 rings (SSSR count). The average Bonchev–Trinajstić information content (AvgIpc) is 3.08. The highest BCUT2D eigenvalue weighted by Crippen LogP contribution is 2.28. The topological polar surface area (TPSA) is 69.6 Å². The molecule has 0 bridgehead atoms. The minimum atomic E-state index is -0.150. The second kappa shape index (κ2) is 7.19. The van der Waals surface area contributed by atoms with Gasteiger partial charge in [-0.15, -0.1) is 11.3 Å². The van der Waals surface area contributed by atoms with E-state index in [1.165, 1.54) is 23.5 Å². The summed E-state index contributed by atoms with van der Waals surface area (Å²) in [5.41, 5.74) is 2.80. The summed E-state index contributed by atoms with van der Waals surface area (Å²) < 4.78 is 0. The Morgan fingerprint density at radius 3 is 2.54 bits per heavy atom. The Morgan fingerprint density at radius 1 is 1.00 bits per heavy atom. The maximum Gasteiger partial charge on any atom is 0.261 e. The Labute approximate surface area is 144 Å². The number of phenolic OH excluding ortho intramolecular Hbond substituents is 2. The van der Waals surface area contributed by atoms with E-state index in [-0.39, 0.29) is 17.4 Å². The van der Waals surface area contributed by atoms with Crippen LogP contribution >= 0.6 is 11.3 Å². The van der Waals surface area contributed by atoms with Crippen molar-refractivity contribution in [3.63, 3.8) is 0 Å². The van der Waals surface area contributed by atoms with Gasteiger partial charge in [0.15, 0.2) is 11.5 Å². The first-order chi connectivity index (χ1) is 11.6. The van der Waals surface area contributed by atoms with E-state index in [2.05, 4.69) is 5.32 Å². The van der Waals surface area contributed by atoms with E-state index in [9.17, 15) is 15.0 Å². The van der Waals surface area contributed by atoms with Crippen LogP contribution in [0.1, 0.15) is 15.2 Å². The maximum absolute atomic E-state index is 12.4. The number of amides is 1. The molecule has 0 saturated carbocycles. The molecule has 4 nitrogen and oxygen atoms in total. The molecule has 24 heavy (non-hydrogen) atoms. The van der Waals surface area contributed by atoms with Crippen molar-refractivity contribution in [2.45, 2.75) is 6.42 Å². The number of hydrogen-bond acceptors (Lipinski definition) is 4. The fourth-order valence-electron chi connectivity index (χ4n) is 2.46. The lowest BCUT2D eigenvalue weighted by molar-refractivity contribution is 0.0959. The summed E-state index contributed by atoms with van der Waals surface area (Å²) in [7, 11) is 0. The molecule has 5 heteroatoms. The summed E-state index contributed by atoms with van der Waals surface area (Å²) in [5.74, 6) is -0.399. The molecule has 0 atom stereocenters. The second-order valence-electron chi connectivity index (χ2n) is 5.36. The standard InChI is InChI=1S/C19H17NO3S/c21-16-7-6-13(12-17(16)22)8-10-20-19(23)18-15(9-11-24-18)14-4-2-1-3-5-14/h1-7,9,11-12,21-22H,8,10H2,(H,20,23). The third kappa shape index (κ3) is 3.58. The fraction of sp³-hybridized carbons (Fsp3) is 0.105. The van der Waals surface area contributed by atoms with E-state index in [0.29, 0.717) is 17.8 Å². The molecule has 3 aromatic rings. The van der Waals surface area contributed by atoms with Crippen molar-refractivity contribution in [1.82, 2.24) is 5.32 Å². The van der Waals surface area contributed by atoms with Crippen molar-refractivity contribution in [2.75, 3.05) is 6.54 Å². The zero-order chi connectivity index (χ0) is 16.9. The Balaban J connectivity index is 1.64. The normalized spacial score (nSPS) is 10.5. The summed E-state index contributed by atoms with van der Waals surface area (Å²) in [4.78, 5) is 13.1. The maximum atomic E-state index is 12.4. The Bertz CT molecular complexity index is 843. The summed E-state index contributed by atoms with van der Waals surface area (Å²) in [6, 6.07) is 16.4. The van der Waals surface area contributed by atoms with Crippen LogP contribution in [0.25, 0.3) is 11.1 Å². The van der Waals surface area contributed by atoms with Crippen LogP contribution in [-0.2, 0) is 6.42 Å². The zero-order valence-electron chi connectivity index (χ0n) is 12.9. The van der Waals surface area contributed by atoms with Gasteiger partial charge < -0.3 is 15.5 Å². The average molecular weight is 339 g/mol. The van der Waals surface area contributed by atoms with E-state index in [0.717, 1.165) is 16.7 Å². The minimum absolute atomic E-state index is 0.105. The lowest BCUT2D eigenvalue weighted by Crippen LogP contribution is -2.25. The van der Waals surface area contributed by atoms with Crippen molar-refractivity contribution in [2.24, 2.45) is 0 Å². The third-order valence-electron chi connectivity index (χ3n) is 3.70. The fourth-order valence-corrected chi connectivity index (χ4v) is 3.29. The molecule has 0 spiro atoms. The van der Waals surface area contributed by atoms with Gasteiger partial charge in [0.05, 0.1) is 4.88 Å². The highest BCUT2D eigenvalue weighted by Gasteiger charge is 2.14. The SMILES string of the molecule is O=C(NCCc1ccc(O)c(O)c1)c1sccc1-c1ccccc1. The molecular weight excluding hydrogens is 322 g/mol. The Kier molecular flexibility index (Phi) is 4.82. The van der Waals surface area contributed by atoms with Crippen LogP contribution in [0.3, 0.4) is 0 Å². The summed E-state index contributed by atoms with van der Waals surface area (Å²) >= 11 is 1.42. The third-order valence-corrected chi connectivity index (χ3v) is 4.61. The van der Waals surface area contributed by atoms with E-state index in [1.807, 2.05) is 41.8 Å². The van der Waals surface area contributed by atoms with E-state index in [4.69, 9.17) is 0 Å². The van der Waals surface area contributed by atoms with Gasteiger partial charge in [0.25, 0.3) is 5.91 Å². The largest absolute Gasteiger partial charge is 0.504 e. The molecule has 0 aliphatic rings. The molecule has 0 aliphatic carbocycles. The first kappa shape index (κ1) is 16.1. The first-order valence-corrected chi connectivity index (χ1v) is 8.45. The number of rotatable bonds is 5. The molecule has 0 unspecified atom stereocenters. The molecule has 1 amide bonds. The van der Waals surface area contributed by atoms with Gasteiger partial charge in [-0.05, 0) is 41.1 Å². The highest BCUT2D eigenvalue weighted by atomic mass is 32.1. The Hall–Kier alpha value is -2.79. The van der Waals surface area contributed by atoms with E-state index in [1.54, 1.807) is 6.07 Å². The number of nitrogens with one attached hydrogen (secondary N) is 1. The van der Waals surface area contributed by atoms with Crippen LogP contribution in [0.5, 0.6) is 11.5 Å². The molecule has 1 heterocycles. The van der Waals surface area contributed by atoms with Crippen LogP contribution in [-0.4, -0.2) is 22.7 Å².